The Morgan fingerprint density at radius 1 is 0.957 bits per heavy atom. The number of aliphatic hydroxyl groups is 1. The van der Waals surface area contributed by atoms with Crippen LogP contribution in [0.25, 0.3) is 22.2 Å². The molecule has 0 saturated carbocycles. The number of hydrogen-bond acceptors (Lipinski definition) is 2. The predicted molar refractivity (Wildman–Crippen MR) is 94.8 cm³/mol. The van der Waals surface area contributed by atoms with Crippen LogP contribution in [0.4, 0.5) is 0 Å². The third-order valence-corrected chi connectivity index (χ3v) is 5.61. The van der Waals surface area contributed by atoms with Crippen LogP contribution in [0.2, 0.25) is 5.02 Å². The topological polar surface area (TPSA) is 33.1 Å². The third kappa shape index (κ3) is 1.89. The molecule has 2 aromatic carbocycles. The fraction of sp³-hybridized carbons (Fsp3) is 0.250. The van der Waals surface area contributed by atoms with Crippen molar-refractivity contribution in [1.82, 2.24) is 4.98 Å². The van der Waals surface area contributed by atoms with Crippen molar-refractivity contribution in [1.29, 1.82) is 0 Å². The summed E-state index contributed by atoms with van der Waals surface area (Å²) in [7, 11) is 0. The SMILES string of the molecule is CC1(C)c2cc3ccc(Cl)cc3nc2-c2ccccc2C1(C)O. The number of benzene rings is 2. The normalized spacial score (nSPS) is 21.8. The van der Waals surface area contributed by atoms with Crippen molar-refractivity contribution in [2.45, 2.75) is 31.8 Å². The van der Waals surface area contributed by atoms with E-state index in [0.29, 0.717) is 5.02 Å². The monoisotopic (exact) mass is 323 g/mol. The van der Waals surface area contributed by atoms with Gasteiger partial charge in [0.15, 0.2) is 0 Å². The van der Waals surface area contributed by atoms with E-state index in [1.54, 1.807) is 0 Å². The lowest BCUT2D eigenvalue weighted by atomic mass is 9.62. The second-order valence-corrected chi connectivity index (χ2v) is 7.40. The highest BCUT2D eigenvalue weighted by Gasteiger charge is 2.48. The number of fused-ring (bicyclic) bond motifs is 4. The number of pyridine rings is 1. The second-order valence-electron chi connectivity index (χ2n) is 6.96. The Kier molecular flexibility index (Phi) is 2.91. The molecule has 0 fully saturated rings. The molecule has 1 N–H and O–H groups in total. The van der Waals surface area contributed by atoms with Crippen LogP contribution in [0.15, 0.2) is 48.5 Å². The molecule has 23 heavy (non-hydrogen) atoms. The fourth-order valence-corrected chi connectivity index (χ4v) is 3.70. The van der Waals surface area contributed by atoms with Gasteiger partial charge in [-0.25, -0.2) is 4.98 Å². The first kappa shape index (κ1) is 14.7. The van der Waals surface area contributed by atoms with E-state index >= 15 is 0 Å². The summed E-state index contributed by atoms with van der Waals surface area (Å²) in [4.78, 5) is 4.88. The summed E-state index contributed by atoms with van der Waals surface area (Å²) in [5.41, 5.74) is 3.39. The summed E-state index contributed by atoms with van der Waals surface area (Å²) >= 11 is 6.12. The zero-order chi connectivity index (χ0) is 16.4. The molecule has 4 rings (SSSR count). The summed E-state index contributed by atoms with van der Waals surface area (Å²) in [6.07, 6.45) is 0. The molecule has 1 aliphatic carbocycles. The Morgan fingerprint density at radius 3 is 2.48 bits per heavy atom. The molecule has 0 saturated heterocycles. The van der Waals surface area contributed by atoms with Crippen LogP contribution >= 0.6 is 11.6 Å². The van der Waals surface area contributed by atoms with Crippen molar-refractivity contribution in [3.8, 4) is 11.3 Å². The van der Waals surface area contributed by atoms with Crippen LogP contribution in [-0.2, 0) is 11.0 Å². The van der Waals surface area contributed by atoms with Gasteiger partial charge in [-0.05, 0) is 36.2 Å². The first-order valence-electron chi connectivity index (χ1n) is 7.75. The highest BCUT2D eigenvalue weighted by Crippen LogP contribution is 2.52. The van der Waals surface area contributed by atoms with Gasteiger partial charge in [0.25, 0.3) is 0 Å². The third-order valence-electron chi connectivity index (χ3n) is 5.38. The minimum Gasteiger partial charge on any atom is -0.385 e. The summed E-state index contributed by atoms with van der Waals surface area (Å²) in [6.45, 7) is 6.04. The van der Waals surface area contributed by atoms with Gasteiger partial charge in [-0.15, -0.1) is 0 Å². The molecule has 116 valence electrons. The molecule has 0 amide bonds. The van der Waals surface area contributed by atoms with Crippen molar-refractivity contribution >= 4 is 22.5 Å². The molecule has 1 heterocycles. The smallest absolute Gasteiger partial charge is 0.0966 e. The van der Waals surface area contributed by atoms with Gasteiger partial charge >= 0.3 is 0 Å². The summed E-state index contributed by atoms with van der Waals surface area (Å²) < 4.78 is 0. The van der Waals surface area contributed by atoms with E-state index in [1.165, 1.54) is 0 Å². The predicted octanol–water partition coefficient (Wildman–Crippen LogP) is 5.05. The molecular formula is C20H18ClNO. The van der Waals surface area contributed by atoms with E-state index in [2.05, 4.69) is 19.9 Å². The van der Waals surface area contributed by atoms with Gasteiger partial charge in [0.05, 0.1) is 16.8 Å². The average Bonchev–Trinajstić information content (AvgIpc) is 2.52. The van der Waals surface area contributed by atoms with Gasteiger partial charge < -0.3 is 5.11 Å². The maximum atomic E-state index is 11.3. The van der Waals surface area contributed by atoms with E-state index < -0.39 is 11.0 Å². The zero-order valence-corrected chi connectivity index (χ0v) is 14.1. The highest BCUT2D eigenvalue weighted by atomic mass is 35.5. The van der Waals surface area contributed by atoms with Crippen LogP contribution in [0.3, 0.4) is 0 Å². The summed E-state index contributed by atoms with van der Waals surface area (Å²) in [6, 6.07) is 15.9. The van der Waals surface area contributed by atoms with Crippen LogP contribution in [0, 0.1) is 0 Å². The minimum absolute atomic E-state index is 0.447. The van der Waals surface area contributed by atoms with E-state index in [1.807, 2.05) is 49.4 Å². The van der Waals surface area contributed by atoms with E-state index in [4.69, 9.17) is 16.6 Å². The molecule has 1 aliphatic rings. The van der Waals surface area contributed by atoms with Gasteiger partial charge in [0, 0.05) is 21.4 Å². The molecule has 2 nitrogen and oxygen atoms in total. The van der Waals surface area contributed by atoms with Crippen molar-refractivity contribution in [2.24, 2.45) is 0 Å². The van der Waals surface area contributed by atoms with Gasteiger partial charge in [-0.2, -0.15) is 0 Å². The van der Waals surface area contributed by atoms with Crippen molar-refractivity contribution in [3.05, 3.63) is 64.7 Å². The molecule has 0 spiro atoms. The zero-order valence-electron chi connectivity index (χ0n) is 13.4. The lowest BCUT2D eigenvalue weighted by molar-refractivity contribution is -0.0153. The maximum absolute atomic E-state index is 11.3. The van der Waals surface area contributed by atoms with Crippen LogP contribution in [-0.4, -0.2) is 10.1 Å². The number of halogens is 1. The number of aromatic nitrogens is 1. The molecule has 0 bridgehead atoms. The van der Waals surface area contributed by atoms with Crippen LogP contribution < -0.4 is 0 Å². The Bertz CT molecular complexity index is 944. The quantitative estimate of drug-likeness (QED) is 0.627. The molecule has 3 aromatic rings. The lowest BCUT2D eigenvalue weighted by Crippen LogP contribution is -2.45. The van der Waals surface area contributed by atoms with Crippen molar-refractivity contribution < 1.29 is 5.11 Å². The van der Waals surface area contributed by atoms with E-state index in [9.17, 15) is 5.11 Å². The average molecular weight is 324 g/mol. The molecular weight excluding hydrogens is 306 g/mol. The Labute approximate surface area is 140 Å². The Morgan fingerprint density at radius 2 is 1.70 bits per heavy atom. The summed E-state index contributed by atoms with van der Waals surface area (Å²) in [5, 5.41) is 13.0. The first-order chi connectivity index (χ1) is 10.8. The van der Waals surface area contributed by atoms with Crippen molar-refractivity contribution in [3.63, 3.8) is 0 Å². The first-order valence-corrected chi connectivity index (χ1v) is 8.13. The maximum Gasteiger partial charge on any atom is 0.0966 e. The standard InChI is InChI=1S/C20H18ClNO/c1-19(2)16-10-12-8-9-13(21)11-17(12)22-18(16)14-6-4-5-7-15(14)20(19,3)23/h4-11,23H,1-3H3. The van der Waals surface area contributed by atoms with E-state index in [-0.39, 0.29) is 0 Å². The highest BCUT2D eigenvalue weighted by molar-refractivity contribution is 6.31. The number of nitrogens with zero attached hydrogens (tertiary/aromatic N) is 1. The molecule has 3 heteroatoms. The van der Waals surface area contributed by atoms with Crippen LogP contribution in [0.1, 0.15) is 31.9 Å². The van der Waals surface area contributed by atoms with Gasteiger partial charge in [-0.1, -0.05) is 55.8 Å². The minimum atomic E-state index is -0.960. The Balaban J connectivity index is 2.15. The van der Waals surface area contributed by atoms with Crippen molar-refractivity contribution in [2.75, 3.05) is 0 Å². The lowest BCUT2D eigenvalue weighted by Gasteiger charge is -2.46. The van der Waals surface area contributed by atoms with Gasteiger partial charge in [0.2, 0.25) is 0 Å². The largest absolute Gasteiger partial charge is 0.385 e. The Hall–Kier alpha value is -1.90. The van der Waals surface area contributed by atoms with Gasteiger partial charge in [0.1, 0.15) is 0 Å². The molecule has 1 unspecified atom stereocenters. The van der Waals surface area contributed by atoms with E-state index in [0.717, 1.165) is 33.3 Å². The summed E-state index contributed by atoms with van der Waals surface area (Å²) in [5.74, 6) is 0. The number of hydrogen-bond donors (Lipinski definition) is 1. The molecule has 0 aliphatic heterocycles. The van der Waals surface area contributed by atoms with Gasteiger partial charge in [-0.3, -0.25) is 0 Å². The second kappa shape index (κ2) is 4.56. The molecule has 1 aromatic heterocycles. The van der Waals surface area contributed by atoms with Crippen LogP contribution in [0.5, 0.6) is 0 Å². The number of rotatable bonds is 0. The fourth-order valence-electron chi connectivity index (χ4n) is 3.53. The molecule has 1 atom stereocenters. The molecule has 0 radical (unpaired) electrons.